The van der Waals surface area contributed by atoms with Gasteiger partial charge in [0.15, 0.2) is 0 Å². The molecule has 0 saturated heterocycles. The van der Waals surface area contributed by atoms with E-state index in [0.717, 1.165) is 15.4 Å². The molecule has 0 fully saturated rings. The minimum absolute atomic E-state index is 0.782. The molecule has 0 amide bonds. The van der Waals surface area contributed by atoms with E-state index in [1.54, 1.807) is 0 Å². The molecule has 0 bridgehead atoms. The fourth-order valence-corrected chi connectivity index (χ4v) is 17.3. The van der Waals surface area contributed by atoms with Gasteiger partial charge in [-0.05, 0) is 0 Å². The maximum atomic E-state index is 6.25. The van der Waals surface area contributed by atoms with Crippen LogP contribution in [0.4, 0.5) is 0 Å². The molecule has 0 radical (unpaired) electrons. The van der Waals surface area contributed by atoms with Crippen molar-refractivity contribution in [2.45, 2.75) is 72.6 Å². The molecule has 0 unspecified atom stereocenters. The van der Waals surface area contributed by atoms with Crippen molar-refractivity contribution in [3.63, 3.8) is 0 Å². The van der Waals surface area contributed by atoms with Crippen LogP contribution >= 0.6 is 11.6 Å². The van der Waals surface area contributed by atoms with E-state index in [4.69, 9.17) is 16.3 Å². The standard InChI is InChI=1S/C7H6ClO.3C4H9.Sn/c1-9-7-4-2-6(8)3-5-7;3*1-3-4-2;/h2-5H,1H2;3*1,3-4H2,2H3;. The molecule has 1 nitrogen and oxygen atoms in total. The Bertz CT molecular complexity index is 369. The van der Waals surface area contributed by atoms with Gasteiger partial charge in [-0.3, -0.25) is 0 Å². The van der Waals surface area contributed by atoms with E-state index in [1.165, 1.54) is 51.8 Å². The van der Waals surface area contributed by atoms with E-state index in [2.05, 4.69) is 20.8 Å². The zero-order chi connectivity index (χ0) is 16.3. The molecule has 0 aliphatic rings. The molecule has 1 rings (SSSR count). The molecule has 22 heavy (non-hydrogen) atoms. The van der Waals surface area contributed by atoms with E-state index in [0.29, 0.717) is 0 Å². The zero-order valence-electron chi connectivity index (χ0n) is 14.7. The summed E-state index contributed by atoms with van der Waals surface area (Å²) in [4.78, 5) is 0. The van der Waals surface area contributed by atoms with E-state index in [1.807, 2.05) is 24.3 Å². The molecular weight excluding hydrogens is 398 g/mol. The molecule has 0 spiro atoms. The second kappa shape index (κ2) is 11.6. The van der Waals surface area contributed by atoms with Gasteiger partial charge in [-0.2, -0.15) is 0 Å². The van der Waals surface area contributed by atoms with Crippen LogP contribution in [0.2, 0.25) is 18.3 Å². The van der Waals surface area contributed by atoms with Gasteiger partial charge >= 0.3 is 147 Å². The number of benzene rings is 1. The summed E-state index contributed by atoms with van der Waals surface area (Å²) >= 11 is 3.81. The molecule has 0 aliphatic carbocycles. The van der Waals surface area contributed by atoms with Crippen LogP contribution < -0.4 is 4.74 Å². The summed E-state index contributed by atoms with van der Waals surface area (Å²) in [6.45, 7) is 6.95. The van der Waals surface area contributed by atoms with Gasteiger partial charge in [-0.25, -0.2) is 0 Å². The van der Waals surface area contributed by atoms with Crippen LogP contribution in [0.1, 0.15) is 59.3 Å². The van der Waals surface area contributed by atoms with Crippen LogP contribution in [0.15, 0.2) is 24.3 Å². The van der Waals surface area contributed by atoms with Crippen LogP contribution in [0.5, 0.6) is 5.75 Å². The first-order valence-electron chi connectivity index (χ1n) is 9.04. The van der Waals surface area contributed by atoms with Gasteiger partial charge < -0.3 is 0 Å². The summed E-state index contributed by atoms with van der Waals surface area (Å²) in [5.41, 5.74) is 0. The Morgan fingerprint density at radius 3 is 1.68 bits per heavy atom. The topological polar surface area (TPSA) is 9.23 Å². The molecule has 0 atom stereocenters. The van der Waals surface area contributed by atoms with Crippen LogP contribution in [-0.4, -0.2) is 23.0 Å². The van der Waals surface area contributed by atoms with E-state index >= 15 is 0 Å². The summed E-state index contributed by atoms with van der Waals surface area (Å²) in [7, 11) is 0. The Morgan fingerprint density at radius 1 is 0.818 bits per heavy atom. The summed E-state index contributed by atoms with van der Waals surface area (Å²) < 4.78 is 11.8. The van der Waals surface area contributed by atoms with Crippen LogP contribution in [0.25, 0.3) is 0 Å². The van der Waals surface area contributed by atoms with Crippen molar-refractivity contribution in [3.8, 4) is 5.75 Å². The SMILES string of the molecule is CCC[CH2][Sn]([CH2]CCC)([CH2]CCC)[CH2]Oc1ccc(Cl)cc1. The molecule has 0 aliphatic heterocycles. The monoisotopic (exact) mass is 432 g/mol. The average molecular weight is 432 g/mol. The fourth-order valence-electron chi connectivity index (χ4n) is 3.01. The number of rotatable bonds is 12. The molecule has 0 saturated carbocycles. The first kappa shape index (κ1) is 20.2. The third-order valence-electron chi connectivity index (χ3n) is 4.54. The molecule has 1 aromatic carbocycles. The van der Waals surface area contributed by atoms with Crippen LogP contribution in [-0.2, 0) is 0 Å². The molecule has 1 aromatic rings. The van der Waals surface area contributed by atoms with Crippen molar-refractivity contribution >= 4 is 30.0 Å². The predicted octanol–water partition coefficient (Wildman–Crippen LogP) is 7.11. The summed E-state index contributed by atoms with van der Waals surface area (Å²) in [6.07, 6.45) is 8.14. The van der Waals surface area contributed by atoms with E-state index in [9.17, 15) is 0 Å². The van der Waals surface area contributed by atoms with Gasteiger partial charge in [0.1, 0.15) is 0 Å². The quantitative estimate of drug-likeness (QED) is 0.321. The van der Waals surface area contributed by atoms with Crippen molar-refractivity contribution in [3.05, 3.63) is 29.3 Å². The molecular formula is C19H33ClOSn. The van der Waals surface area contributed by atoms with Crippen LogP contribution in [0.3, 0.4) is 0 Å². The zero-order valence-corrected chi connectivity index (χ0v) is 18.3. The summed E-state index contributed by atoms with van der Waals surface area (Å²) in [5.74, 6) is 0.995. The number of hydrogen-bond donors (Lipinski definition) is 0. The normalized spacial score (nSPS) is 11.6. The van der Waals surface area contributed by atoms with Gasteiger partial charge in [-0.15, -0.1) is 0 Å². The number of halogens is 1. The Morgan fingerprint density at radius 2 is 1.27 bits per heavy atom. The van der Waals surface area contributed by atoms with Gasteiger partial charge in [0.2, 0.25) is 0 Å². The summed E-state index contributed by atoms with van der Waals surface area (Å²) in [6, 6.07) is 7.88. The molecule has 3 heteroatoms. The number of unbranched alkanes of at least 4 members (excludes halogenated alkanes) is 3. The van der Waals surface area contributed by atoms with Gasteiger partial charge in [0, 0.05) is 0 Å². The average Bonchev–Trinajstić information content (AvgIpc) is 2.55. The van der Waals surface area contributed by atoms with Gasteiger partial charge in [0.05, 0.1) is 0 Å². The van der Waals surface area contributed by atoms with Crippen molar-refractivity contribution in [2.75, 3.05) is 4.62 Å². The second-order valence-electron chi connectivity index (χ2n) is 6.55. The minimum atomic E-state index is -2.16. The van der Waals surface area contributed by atoms with Crippen molar-refractivity contribution in [2.24, 2.45) is 0 Å². The third kappa shape index (κ3) is 7.59. The molecule has 126 valence electrons. The molecule has 0 heterocycles. The Balaban J connectivity index is 2.72. The third-order valence-corrected chi connectivity index (χ3v) is 19.1. The Hall–Kier alpha value is 0.109. The molecule has 0 N–H and O–H groups in total. The van der Waals surface area contributed by atoms with E-state index in [-0.39, 0.29) is 0 Å². The van der Waals surface area contributed by atoms with Crippen LogP contribution in [0, 0.1) is 0 Å². The first-order chi connectivity index (χ1) is 10.7. The van der Waals surface area contributed by atoms with Crippen molar-refractivity contribution in [1.82, 2.24) is 0 Å². The van der Waals surface area contributed by atoms with Crippen molar-refractivity contribution < 1.29 is 4.74 Å². The molecule has 0 aromatic heterocycles. The predicted molar refractivity (Wildman–Crippen MR) is 102 cm³/mol. The van der Waals surface area contributed by atoms with E-state index < -0.39 is 18.4 Å². The number of ether oxygens (including phenoxy) is 1. The maximum absolute atomic E-state index is 6.25. The van der Waals surface area contributed by atoms with Crippen molar-refractivity contribution in [1.29, 1.82) is 0 Å². The second-order valence-corrected chi connectivity index (χ2v) is 20.7. The first-order valence-corrected chi connectivity index (χ1v) is 17.5. The van der Waals surface area contributed by atoms with Gasteiger partial charge in [0.25, 0.3) is 0 Å². The summed E-state index contributed by atoms with van der Waals surface area (Å²) in [5, 5.41) is 0.782. The Labute approximate surface area is 146 Å². The number of hydrogen-bond acceptors (Lipinski definition) is 1. The fraction of sp³-hybridized carbons (Fsp3) is 0.684. The van der Waals surface area contributed by atoms with Gasteiger partial charge in [-0.1, -0.05) is 0 Å². The Kier molecular flexibility index (Phi) is 10.6.